The lowest BCUT2D eigenvalue weighted by molar-refractivity contribution is -0.467. The van der Waals surface area contributed by atoms with Crippen LogP contribution in [0.15, 0.2) is 54.6 Å². The summed E-state index contributed by atoms with van der Waals surface area (Å²) in [5, 5.41) is 11.6. The minimum atomic E-state index is 0.198. The van der Waals surface area contributed by atoms with Gasteiger partial charge in [0.2, 0.25) is 0 Å². The normalized spacial score (nSPS) is 15.1. The molecule has 102 valence electrons. The molecule has 1 aliphatic rings. The van der Waals surface area contributed by atoms with Gasteiger partial charge in [-0.1, -0.05) is 30.3 Å². The van der Waals surface area contributed by atoms with Crippen molar-refractivity contribution in [3.63, 3.8) is 0 Å². The summed E-state index contributed by atoms with van der Waals surface area (Å²) < 4.78 is 6.76. The zero-order valence-electron chi connectivity index (χ0n) is 11.2. The number of ether oxygens (including phenoxy) is 1. The second-order valence-corrected chi connectivity index (χ2v) is 5.06. The van der Waals surface area contributed by atoms with Crippen molar-refractivity contribution in [2.24, 2.45) is 0 Å². The minimum absolute atomic E-state index is 0.198. The highest BCUT2D eigenvalue weighted by Crippen LogP contribution is 2.22. The predicted molar refractivity (Wildman–Crippen MR) is 79.0 cm³/mol. The fraction of sp³-hybridized carbons (Fsp3) is 0.235. The lowest BCUT2D eigenvalue weighted by Gasteiger charge is -2.06. The average Bonchev–Trinajstić information content (AvgIpc) is 3.32. The van der Waals surface area contributed by atoms with E-state index in [1.165, 1.54) is 0 Å². The highest BCUT2D eigenvalue weighted by Gasteiger charge is 2.29. The molecule has 0 aliphatic heterocycles. The molecule has 0 atom stereocenters. The van der Waals surface area contributed by atoms with Gasteiger partial charge < -0.3 is 9.94 Å². The molecule has 0 radical (unpaired) electrons. The molecule has 1 fully saturated rings. The van der Waals surface area contributed by atoms with Gasteiger partial charge in [0.1, 0.15) is 12.4 Å². The molecular weight excluding hydrogens is 250 g/mol. The van der Waals surface area contributed by atoms with Gasteiger partial charge in [-0.3, -0.25) is 0 Å². The summed E-state index contributed by atoms with van der Waals surface area (Å²) in [6.07, 6.45) is 3.68. The third-order valence-electron chi connectivity index (χ3n) is 3.31. The zero-order valence-corrected chi connectivity index (χ0v) is 11.2. The zero-order chi connectivity index (χ0) is 13.8. The summed E-state index contributed by atoms with van der Waals surface area (Å²) in [7, 11) is 0. The molecule has 0 N–H and O–H groups in total. The van der Waals surface area contributed by atoms with Crippen LogP contribution in [-0.2, 0) is 6.61 Å². The molecule has 1 saturated carbocycles. The van der Waals surface area contributed by atoms with E-state index in [-0.39, 0.29) is 6.04 Å². The number of hydrogen-bond donors (Lipinski definition) is 0. The molecule has 2 aromatic carbocycles. The van der Waals surface area contributed by atoms with Crippen molar-refractivity contribution >= 4 is 6.21 Å². The fourth-order valence-corrected chi connectivity index (χ4v) is 1.97. The number of benzene rings is 2. The summed E-state index contributed by atoms with van der Waals surface area (Å²) >= 11 is 0. The SMILES string of the molecule is [O-][N+](=Cc1ccc(OCc2ccccc2)cc1)C1CC1. The third kappa shape index (κ3) is 3.38. The summed E-state index contributed by atoms with van der Waals surface area (Å²) in [4.78, 5) is 0. The summed E-state index contributed by atoms with van der Waals surface area (Å²) in [5.41, 5.74) is 2.06. The first kappa shape index (κ1) is 12.7. The van der Waals surface area contributed by atoms with Crippen LogP contribution in [0.4, 0.5) is 0 Å². The number of rotatable bonds is 5. The molecule has 0 bridgehead atoms. The van der Waals surface area contributed by atoms with Gasteiger partial charge in [0.15, 0.2) is 12.3 Å². The maximum absolute atomic E-state index is 11.6. The van der Waals surface area contributed by atoms with Crippen LogP contribution in [-0.4, -0.2) is 17.0 Å². The van der Waals surface area contributed by atoms with E-state index in [1.54, 1.807) is 6.21 Å². The van der Waals surface area contributed by atoms with Gasteiger partial charge in [0.25, 0.3) is 0 Å². The average molecular weight is 267 g/mol. The van der Waals surface area contributed by atoms with Gasteiger partial charge in [0.05, 0.1) is 0 Å². The van der Waals surface area contributed by atoms with Crippen molar-refractivity contribution in [1.29, 1.82) is 0 Å². The second-order valence-electron chi connectivity index (χ2n) is 5.06. The Morgan fingerprint density at radius 3 is 2.40 bits per heavy atom. The number of nitrogens with zero attached hydrogens (tertiary/aromatic N) is 1. The maximum atomic E-state index is 11.6. The smallest absolute Gasteiger partial charge is 0.182 e. The monoisotopic (exact) mass is 267 g/mol. The summed E-state index contributed by atoms with van der Waals surface area (Å²) in [5.74, 6) is 0.815. The van der Waals surface area contributed by atoms with Gasteiger partial charge in [-0.25, -0.2) is 4.74 Å². The van der Waals surface area contributed by atoms with E-state index in [0.717, 1.165) is 34.5 Å². The second kappa shape index (κ2) is 5.78. The van der Waals surface area contributed by atoms with Crippen LogP contribution < -0.4 is 4.74 Å². The van der Waals surface area contributed by atoms with E-state index in [4.69, 9.17) is 4.74 Å². The van der Waals surface area contributed by atoms with E-state index >= 15 is 0 Å². The molecule has 0 spiro atoms. The molecule has 2 aromatic rings. The molecule has 3 nitrogen and oxygen atoms in total. The highest BCUT2D eigenvalue weighted by molar-refractivity contribution is 5.75. The first-order valence-electron chi connectivity index (χ1n) is 6.88. The molecule has 1 aliphatic carbocycles. The topological polar surface area (TPSA) is 35.3 Å². The Balaban J connectivity index is 1.60. The first-order chi connectivity index (χ1) is 9.81. The third-order valence-corrected chi connectivity index (χ3v) is 3.31. The van der Waals surface area contributed by atoms with Crippen LogP contribution in [0.2, 0.25) is 0 Å². The van der Waals surface area contributed by atoms with Crippen LogP contribution in [0.25, 0.3) is 0 Å². The Bertz CT molecular complexity index is 586. The van der Waals surface area contributed by atoms with Gasteiger partial charge >= 0.3 is 0 Å². The van der Waals surface area contributed by atoms with Crippen molar-refractivity contribution in [3.8, 4) is 5.75 Å². The first-order valence-corrected chi connectivity index (χ1v) is 6.88. The molecule has 0 heterocycles. The molecule has 3 rings (SSSR count). The molecular formula is C17H17NO2. The van der Waals surface area contributed by atoms with Crippen LogP contribution in [0.5, 0.6) is 5.75 Å². The molecule has 0 saturated heterocycles. The summed E-state index contributed by atoms with van der Waals surface area (Å²) in [6.45, 7) is 0.555. The number of hydrogen-bond acceptors (Lipinski definition) is 2. The van der Waals surface area contributed by atoms with E-state index in [0.29, 0.717) is 6.61 Å². The van der Waals surface area contributed by atoms with Gasteiger partial charge in [0, 0.05) is 18.4 Å². The summed E-state index contributed by atoms with van der Waals surface area (Å²) in [6, 6.07) is 17.9. The number of hydroxylamine groups is 1. The quantitative estimate of drug-likeness (QED) is 0.360. The lowest BCUT2D eigenvalue weighted by atomic mass is 10.2. The van der Waals surface area contributed by atoms with Crippen LogP contribution in [0.1, 0.15) is 24.0 Å². The van der Waals surface area contributed by atoms with Crippen molar-refractivity contribution in [2.75, 3.05) is 0 Å². The Labute approximate surface area is 118 Å². The standard InChI is InChI=1S/C17H17NO2/c19-18(16-8-9-16)12-14-6-10-17(11-7-14)20-13-15-4-2-1-3-5-15/h1-7,10-12,16H,8-9,13H2. The molecule has 3 heteroatoms. The van der Waals surface area contributed by atoms with Crippen molar-refractivity contribution in [2.45, 2.75) is 25.5 Å². The van der Waals surface area contributed by atoms with Crippen LogP contribution >= 0.6 is 0 Å². The molecule has 20 heavy (non-hydrogen) atoms. The van der Waals surface area contributed by atoms with Crippen molar-refractivity contribution < 1.29 is 9.48 Å². The molecule has 0 aromatic heterocycles. The van der Waals surface area contributed by atoms with Gasteiger partial charge in [-0.15, -0.1) is 0 Å². The Morgan fingerprint density at radius 1 is 1.05 bits per heavy atom. The Hall–Kier alpha value is -2.29. The van der Waals surface area contributed by atoms with Gasteiger partial charge in [-0.05, 0) is 29.8 Å². The largest absolute Gasteiger partial charge is 0.624 e. The minimum Gasteiger partial charge on any atom is -0.624 e. The lowest BCUT2D eigenvalue weighted by Crippen LogP contribution is -2.07. The van der Waals surface area contributed by atoms with E-state index < -0.39 is 0 Å². The molecule has 0 amide bonds. The van der Waals surface area contributed by atoms with E-state index in [2.05, 4.69) is 0 Å². The maximum Gasteiger partial charge on any atom is 0.182 e. The molecule has 0 unspecified atom stereocenters. The Morgan fingerprint density at radius 2 is 1.75 bits per heavy atom. The van der Waals surface area contributed by atoms with Crippen molar-refractivity contribution in [1.82, 2.24) is 0 Å². The predicted octanol–water partition coefficient (Wildman–Crippen LogP) is 3.36. The van der Waals surface area contributed by atoms with Crippen LogP contribution in [0, 0.1) is 5.21 Å². The fourth-order valence-electron chi connectivity index (χ4n) is 1.97. The van der Waals surface area contributed by atoms with Crippen molar-refractivity contribution in [3.05, 3.63) is 70.9 Å². The van der Waals surface area contributed by atoms with E-state index in [1.807, 2.05) is 54.6 Å². The Kier molecular flexibility index (Phi) is 3.68. The van der Waals surface area contributed by atoms with Gasteiger partial charge in [-0.2, -0.15) is 0 Å². The highest BCUT2D eigenvalue weighted by atomic mass is 16.5. The van der Waals surface area contributed by atoms with E-state index in [9.17, 15) is 5.21 Å². The van der Waals surface area contributed by atoms with Crippen LogP contribution in [0.3, 0.4) is 0 Å².